The molecule has 0 aliphatic carbocycles. The standard InChI is InChI=1S/C14H24N2O5/c1-5-8-20-12(18)9-16-13(19)10(15)6-7-11(17)21-14(2,3)4/h5,10H,1,6-9,15H2,2-4H3,(H,16,19)/t10-/m0/s1. The van der Waals surface area contributed by atoms with E-state index in [0.29, 0.717) is 0 Å². The van der Waals surface area contributed by atoms with E-state index in [-0.39, 0.29) is 26.0 Å². The predicted molar refractivity (Wildman–Crippen MR) is 77.2 cm³/mol. The Morgan fingerprint density at radius 2 is 1.90 bits per heavy atom. The van der Waals surface area contributed by atoms with Crippen LogP contribution in [0, 0.1) is 0 Å². The number of carbonyl (C=O) groups excluding carboxylic acids is 3. The van der Waals surface area contributed by atoms with Crippen molar-refractivity contribution in [2.75, 3.05) is 13.2 Å². The van der Waals surface area contributed by atoms with Gasteiger partial charge < -0.3 is 20.5 Å². The second-order valence-corrected chi connectivity index (χ2v) is 5.42. The van der Waals surface area contributed by atoms with Gasteiger partial charge >= 0.3 is 11.9 Å². The van der Waals surface area contributed by atoms with Crippen molar-refractivity contribution >= 4 is 17.8 Å². The van der Waals surface area contributed by atoms with Crippen molar-refractivity contribution in [2.24, 2.45) is 5.73 Å². The first-order chi connectivity index (χ1) is 9.65. The van der Waals surface area contributed by atoms with Crippen LogP contribution >= 0.6 is 0 Å². The van der Waals surface area contributed by atoms with E-state index in [1.165, 1.54) is 6.08 Å². The Balaban J connectivity index is 3.97. The summed E-state index contributed by atoms with van der Waals surface area (Å²) >= 11 is 0. The summed E-state index contributed by atoms with van der Waals surface area (Å²) < 4.78 is 9.79. The van der Waals surface area contributed by atoms with Crippen molar-refractivity contribution in [3.63, 3.8) is 0 Å². The summed E-state index contributed by atoms with van der Waals surface area (Å²) in [5.74, 6) is -1.52. The SMILES string of the molecule is C=CCOC(=O)CNC(=O)[C@@H](N)CCC(=O)OC(C)(C)C. The van der Waals surface area contributed by atoms with Crippen LogP contribution < -0.4 is 11.1 Å². The minimum absolute atomic E-state index is 0.0345. The maximum atomic E-state index is 11.6. The largest absolute Gasteiger partial charge is 0.460 e. The van der Waals surface area contributed by atoms with E-state index in [2.05, 4.69) is 16.6 Å². The van der Waals surface area contributed by atoms with Crippen LogP contribution in [0.1, 0.15) is 33.6 Å². The first-order valence-electron chi connectivity index (χ1n) is 6.67. The highest BCUT2D eigenvalue weighted by Crippen LogP contribution is 2.09. The average molecular weight is 300 g/mol. The summed E-state index contributed by atoms with van der Waals surface area (Å²) in [6.45, 7) is 8.47. The van der Waals surface area contributed by atoms with Gasteiger partial charge in [-0.1, -0.05) is 12.7 Å². The molecular formula is C14H24N2O5. The molecule has 0 aliphatic heterocycles. The smallest absolute Gasteiger partial charge is 0.325 e. The number of nitrogens with two attached hydrogens (primary N) is 1. The van der Waals surface area contributed by atoms with E-state index < -0.39 is 29.5 Å². The fourth-order valence-electron chi connectivity index (χ4n) is 1.29. The molecule has 3 N–H and O–H groups in total. The zero-order valence-electron chi connectivity index (χ0n) is 12.8. The van der Waals surface area contributed by atoms with Crippen LogP contribution in [0.4, 0.5) is 0 Å². The Bertz CT molecular complexity index is 387. The number of esters is 2. The zero-order valence-corrected chi connectivity index (χ0v) is 12.8. The van der Waals surface area contributed by atoms with Gasteiger partial charge in [-0.05, 0) is 27.2 Å². The third kappa shape index (κ3) is 10.5. The van der Waals surface area contributed by atoms with Crippen LogP contribution in [-0.2, 0) is 23.9 Å². The highest BCUT2D eigenvalue weighted by Gasteiger charge is 2.20. The summed E-state index contributed by atoms with van der Waals surface area (Å²) in [6, 6.07) is -0.885. The third-order valence-electron chi connectivity index (χ3n) is 2.19. The number of amides is 1. The lowest BCUT2D eigenvalue weighted by Gasteiger charge is -2.20. The number of ether oxygens (including phenoxy) is 2. The van der Waals surface area contributed by atoms with Crippen molar-refractivity contribution in [1.82, 2.24) is 5.32 Å². The lowest BCUT2D eigenvalue weighted by atomic mass is 10.1. The Hall–Kier alpha value is -1.89. The van der Waals surface area contributed by atoms with Crippen LogP contribution in [0.3, 0.4) is 0 Å². The summed E-state index contributed by atoms with van der Waals surface area (Å²) in [6.07, 6.45) is 1.60. The number of hydrogen-bond acceptors (Lipinski definition) is 6. The van der Waals surface area contributed by atoms with E-state index in [4.69, 9.17) is 10.5 Å². The van der Waals surface area contributed by atoms with Gasteiger partial charge in [0.2, 0.25) is 5.91 Å². The zero-order chi connectivity index (χ0) is 16.5. The number of hydrogen-bond donors (Lipinski definition) is 2. The molecule has 0 fully saturated rings. The molecule has 0 aromatic rings. The Morgan fingerprint density at radius 1 is 1.29 bits per heavy atom. The van der Waals surface area contributed by atoms with Crippen molar-refractivity contribution in [3.8, 4) is 0 Å². The molecule has 0 aromatic carbocycles. The van der Waals surface area contributed by atoms with E-state index >= 15 is 0 Å². The van der Waals surface area contributed by atoms with Crippen LogP contribution in [0.25, 0.3) is 0 Å². The fraction of sp³-hybridized carbons (Fsp3) is 0.643. The fourth-order valence-corrected chi connectivity index (χ4v) is 1.29. The minimum Gasteiger partial charge on any atom is -0.460 e. The second-order valence-electron chi connectivity index (χ2n) is 5.42. The molecule has 0 spiro atoms. The van der Waals surface area contributed by atoms with E-state index in [0.717, 1.165) is 0 Å². The molecule has 21 heavy (non-hydrogen) atoms. The highest BCUT2D eigenvalue weighted by molar-refractivity contribution is 5.85. The maximum absolute atomic E-state index is 11.6. The minimum atomic E-state index is -0.885. The van der Waals surface area contributed by atoms with Gasteiger partial charge in [-0.2, -0.15) is 0 Å². The van der Waals surface area contributed by atoms with Gasteiger partial charge in [0.25, 0.3) is 0 Å². The molecule has 0 saturated heterocycles. The molecule has 0 aliphatic rings. The molecule has 0 saturated carbocycles. The summed E-state index contributed by atoms with van der Waals surface area (Å²) in [7, 11) is 0. The molecule has 0 rings (SSSR count). The molecule has 0 radical (unpaired) electrons. The topological polar surface area (TPSA) is 108 Å². The molecule has 7 heteroatoms. The Labute approximate surface area is 124 Å². The van der Waals surface area contributed by atoms with Crippen LogP contribution in [0.15, 0.2) is 12.7 Å². The molecule has 1 atom stereocenters. The molecule has 120 valence electrons. The molecule has 7 nitrogen and oxygen atoms in total. The van der Waals surface area contributed by atoms with E-state index in [9.17, 15) is 14.4 Å². The average Bonchev–Trinajstić information content (AvgIpc) is 2.37. The first-order valence-corrected chi connectivity index (χ1v) is 6.67. The lowest BCUT2D eigenvalue weighted by Crippen LogP contribution is -2.43. The first kappa shape index (κ1) is 19.1. The summed E-state index contributed by atoms with van der Waals surface area (Å²) in [4.78, 5) is 34.2. The van der Waals surface area contributed by atoms with Gasteiger partial charge in [0.1, 0.15) is 18.8 Å². The summed E-state index contributed by atoms with van der Waals surface area (Å²) in [5, 5.41) is 2.34. The monoisotopic (exact) mass is 300 g/mol. The molecule has 0 unspecified atom stereocenters. The van der Waals surface area contributed by atoms with Crippen molar-refractivity contribution < 1.29 is 23.9 Å². The van der Waals surface area contributed by atoms with Gasteiger partial charge in [-0.25, -0.2) is 0 Å². The van der Waals surface area contributed by atoms with Gasteiger partial charge in [0.05, 0.1) is 6.04 Å². The molecule has 0 aromatic heterocycles. The van der Waals surface area contributed by atoms with Crippen molar-refractivity contribution in [1.29, 1.82) is 0 Å². The molecule has 0 heterocycles. The highest BCUT2D eigenvalue weighted by atomic mass is 16.6. The molecule has 1 amide bonds. The van der Waals surface area contributed by atoms with Crippen molar-refractivity contribution in [3.05, 3.63) is 12.7 Å². The van der Waals surface area contributed by atoms with Crippen molar-refractivity contribution in [2.45, 2.75) is 45.3 Å². The number of carbonyl (C=O) groups is 3. The lowest BCUT2D eigenvalue weighted by molar-refractivity contribution is -0.155. The third-order valence-corrected chi connectivity index (χ3v) is 2.19. The van der Waals surface area contributed by atoms with Crippen LogP contribution in [-0.4, -0.2) is 42.6 Å². The van der Waals surface area contributed by atoms with E-state index in [1.807, 2.05) is 0 Å². The molecular weight excluding hydrogens is 276 g/mol. The Kier molecular flexibility index (Phi) is 8.30. The number of rotatable bonds is 8. The van der Waals surface area contributed by atoms with Gasteiger partial charge in [-0.3, -0.25) is 14.4 Å². The summed E-state index contributed by atoms with van der Waals surface area (Å²) in [5.41, 5.74) is 5.06. The van der Waals surface area contributed by atoms with Crippen LogP contribution in [0.5, 0.6) is 0 Å². The predicted octanol–water partition coefficient (Wildman–Crippen LogP) is 0.281. The van der Waals surface area contributed by atoms with Crippen LogP contribution in [0.2, 0.25) is 0 Å². The second kappa shape index (κ2) is 9.12. The normalized spacial score (nSPS) is 12.2. The maximum Gasteiger partial charge on any atom is 0.325 e. The molecule has 0 bridgehead atoms. The Morgan fingerprint density at radius 3 is 2.43 bits per heavy atom. The van der Waals surface area contributed by atoms with E-state index in [1.54, 1.807) is 20.8 Å². The quantitative estimate of drug-likeness (QED) is 0.492. The number of nitrogens with one attached hydrogen (secondary N) is 1. The van der Waals surface area contributed by atoms with Gasteiger partial charge in [0, 0.05) is 6.42 Å². The van der Waals surface area contributed by atoms with Gasteiger partial charge in [-0.15, -0.1) is 0 Å². The van der Waals surface area contributed by atoms with Gasteiger partial charge in [0.15, 0.2) is 0 Å².